The molecular formula is C17H15F2N3O2S. The smallest absolute Gasteiger partial charge is 0.285 e. The second-order valence-electron chi connectivity index (χ2n) is 6.00. The quantitative estimate of drug-likeness (QED) is 0.891. The average Bonchev–Trinajstić information content (AvgIpc) is 3.10. The summed E-state index contributed by atoms with van der Waals surface area (Å²) in [5.74, 6) is -0.719. The van der Waals surface area contributed by atoms with E-state index in [1.165, 1.54) is 18.2 Å². The molecule has 0 spiro atoms. The van der Waals surface area contributed by atoms with Crippen molar-refractivity contribution in [1.29, 1.82) is 0 Å². The molecular weight excluding hydrogens is 348 g/mol. The number of alkyl halides is 1. The fourth-order valence-electron chi connectivity index (χ4n) is 3.17. The monoisotopic (exact) mass is 363 g/mol. The van der Waals surface area contributed by atoms with Crippen molar-refractivity contribution in [3.8, 4) is 0 Å². The number of nitrogens with zero attached hydrogens (tertiary/aromatic N) is 2. The molecule has 5 nitrogen and oxygen atoms in total. The van der Waals surface area contributed by atoms with Crippen molar-refractivity contribution in [3.63, 3.8) is 0 Å². The number of fused-ring (bicyclic) bond motifs is 1. The Kier molecular flexibility index (Phi) is 3.72. The highest BCUT2D eigenvalue weighted by Crippen LogP contribution is 2.33. The minimum Gasteiger partial charge on any atom is -0.367 e. The molecule has 1 atom stereocenters. The topological polar surface area (TPSA) is 61.8 Å². The maximum absolute atomic E-state index is 14.2. The lowest BCUT2D eigenvalue weighted by molar-refractivity contribution is 0.364. The number of hydrogen-bond donors (Lipinski definition) is 1. The number of para-hydroxylation sites is 2. The highest BCUT2D eigenvalue weighted by Gasteiger charge is 2.32. The summed E-state index contributed by atoms with van der Waals surface area (Å²) in [6, 6.07) is 11.0. The SMILES string of the molecule is O=S1(=O)N=C(Nc2ccccc2N2CC[C@@H](F)C2)c2c(F)cccc21. The third kappa shape index (κ3) is 2.76. The van der Waals surface area contributed by atoms with E-state index >= 15 is 0 Å². The molecule has 4 rings (SSSR count). The minimum absolute atomic E-state index is 0.0588. The van der Waals surface area contributed by atoms with Crippen molar-refractivity contribution in [2.24, 2.45) is 4.40 Å². The van der Waals surface area contributed by atoms with Crippen LogP contribution in [0.15, 0.2) is 51.8 Å². The minimum atomic E-state index is -3.93. The molecule has 2 aliphatic rings. The summed E-state index contributed by atoms with van der Waals surface area (Å²) in [6.07, 6.45) is -0.448. The molecule has 0 aromatic heterocycles. The van der Waals surface area contributed by atoms with Gasteiger partial charge >= 0.3 is 0 Å². The van der Waals surface area contributed by atoms with Crippen molar-refractivity contribution in [2.45, 2.75) is 17.5 Å². The Balaban J connectivity index is 1.74. The molecule has 8 heteroatoms. The zero-order chi connectivity index (χ0) is 17.6. The third-order valence-corrected chi connectivity index (χ3v) is 5.65. The summed E-state index contributed by atoms with van der Waals surface area (Å²) < 4.78 is 55.7. The van der Waals surface area contributed by atoms with Crippen LogP contribution in [0.3, 0.4) is 0 Å². The van der Waals surface area contributed by atoms with E-state index in [1.54, 1.807) is 12.1 Å². The van der Waals surface area contributed by atoms with Crippen molar-refractivity contribution in [1.82, 2.24) is 0 Å². The van der Waals surface area contributed by atoms with Gasteiger partial charge in [0.15, 0.2) is 5.84 Å². The van der Waals surface area contributed by atoms with Gasteiger partial charge in [0.05, 0.1) is 16.9 Å². The number of halogens is 2. The molecule has 2 aliphatic heterocycles. The van der Waals surface area contributed by atoms with E-state index in [2.05, 4.69) is 9.71 Å². The number of benzene rings is 2. The Morgan fingerprint density at radius 3 is 2.72 bits per heavy atom. The second-order valence-corrected chi connectivity index (χ2v) is 7.57. The first-order chi connectivity index (χ1) is 12.0. The van der Waals surface area contributed by atoms with Crippen molar-refractivity contribution in [3.05, 3.63) is 53.8 Å². The number of nitrogens with one attached hydrogen (secondary N) is 1. The molecule has 1 fully saturated rings. The Hall–Kier alpha value is -2.48. The number of rotatable bonds is 2. The zero-order valence-electron chi connectivity index (χ0n) is 13.1. The molecule has 0 unspecified atom stereocenters. The van der Waals surface area contributed by atoms with E-state index in [0.717, 1.165) is 5.69 Å². The molecule has 2 aromatic rings. The first kappa shape index (κ1) is 16.0. The zero-order valence-corrected chi connectivity index (χ0v) is 13.9. The van der Waals surface area contributed by atoms with Gasteiger partial charge in [-0.25, -0.2) is 8.78 Å². The van der Waals surface area contributed by atoms with Gasteiger partial charge in [-0.3, -0.25) is 0 Å². The molecule has 0 bridgehead atoms. The molecule has 2 aromatic carbocycles. The normalized spacial score (nSPS) is 21.1. The fourth-order valence-corrected chi connectivity index (χ4v) is 4.35. The lowest BCUT2D eigenvalue weighted by Gasteiger charge is -2.22. The van der Waals surface area contributed by atoms with Crippen LogP contribution in [0.4, 0.5) is 20.2 Å². The summed E-state index contributed by atoms with van der Waals surface area (Å²) in [4.78, 5) is 1.72. The summed E-state index contributed by atoms with van der Waals surface area (Å²) in [6.45, 7) is 0.837. The highest BCUT2D eigenvalue weighted by molar-refractivity contribution is 7.90. The van der Waals surface area contributed by atoms with Crippen LogP contribution in [0.2, 0.25) is 0 Å². The van der Waals surface area contributed by atoms with E-state index in [9.17, 15) is 17.2 Å². The van der Waals surface area contributed by atoms with Crippen molar-refractivity contribution >= 4 is 27.2 Å². The maximum Gasteiger partial charge on any atom is 0.285 e. The van der Waals surface area contributed by atoms with Gasteiger partial charge in [0, 0.05) is 13.1 Å². The van der Waals surface area contributed by atoms with E-state index in [1.807, 2.05) is 17.0 Å². The molecule has 0 radical (unpaired) electrons. The van der Waals surface area contributed by atoms with Gasteiger partial charge in [-0.05, 0) is 30.7 Å². The molecule has 1 N–H and O–H groups in total. The van der Waals surface area contributed by atoms with Crippen LogP contribution < -0.4 is 10.2 Å². The average molecular weight is 363 g/mol. The van der Waals surface area contributed by atoms with Gasteiger partial charge in [0.25, 0.3) is 10.0 Å². The van der Waals surface area contributed by atoms with Gasteiger partial charge in [-0.15, -0.1) is 4.40 Å². The molecule has 25 heavy (non-hydrogen) atoms. The predicted molar refractivity (Wildman–Crippen MR) is 91.9 cm³/mol. The Morgan fingerprint density at radius 2 is 1.96 bits per heavy atom. The van der Waals surface area contributed by atoms with Gasteiger partial charge in [0.2, 0.25) is 0 Å². The van der Waals surface area contributed by atoms with E-state index in [-0.39, 0.29) is 22.8 Å². The van der Waals surface area contributed by atoms with Crippen LogP contribution in [0.1, 0.15) is 12.0 Å². The van der Waals surface area contributed by atoms with E-state index in [4.69, 9.17) is 0 Å². The van der Waals surface area contributed by atoms with Crippen LogP contribution in [0.5, 0.6) is 0 Å². The molecule has 1 saturated heterocycles. The fraction of sp³-hybridized carbons (Fsp3) is 0.235. The second kappa shape index (κ2) is 5.80. The maximum atomic E-state index is 14.2. The van der Waals surface area contributed by atoms with Crippen molar-refractivity contribution < 1.29 is 17.2 Å². The van der Waals surface area contributed by atoms with E-state index in [0.29, 0.717) is 18.7 Å². The number of hydrogen-bond acceptors (Lipinski definition) is 4. The highest BCUT2D eigenvalue weighted by atomic mass is 32.2. The first-order valence-electron chi connectivity index (χ1n) is 7.84. The number of sulfonamides is 1. The standard InChI is InChI=1S/C17H15F2N3O2S/c18-11-8-9-22(10-11)14-6-2-1-5-13(14)20-17-16-12(19)4-3-7-15(16)25(23,24)21-17/h1-7,11H,8-10H2,(H,20,21)/t11-/m1/s1. The van der Waals surface area contributed by atoms with Crippen LogP contribution in [-0.4, -0.2) is 33.5 Å². The molecule has 0 aliphatic carbocycles. The van der Waals surface area contributed by atoms with Gasteiger partial charge < -0.3 is 10.2 Å². The van der Waals surface area contributed by atoms with Gasteiger partial charge in [0.1, 0.15) is 16.9 Å². The number of amidine groups is 1. The summed E-state index contributed by atoms with van der Waals surface area (Å²) >= 11 is 0. The van der Waals surface area contributed by atoms with Crippen LogP contribution in [0.25, 0.3) is 0 Å². The Labute approximate surface area is 144 Å². The third-order valence-electron chi connectivity index (χ3n) is 4.33. The molecule has 2 heterocycles. The Morgan fingerprint density at radius 1 is 1.16 bits per heavy atom. The molecule has 0 saturated carbocycles. The number of anilines is 2. The summed E-state index contributed by atoms with van der Waals surface area (Å²) in [5.41, 5.74) is 1.22. The lowest BCUT2D eigenvalue weighted by Crippen LogP contribution is -2.22. The van der Waals surface area contributed by atoms with Gasteiger partial charge in [-0.2, -0.15) is 8.42 Å². The summed E-state index contributed by atoms with van der Waals surface area (Å²) in [7, 11) is -3.93. The lowest BCUT2D eigenvalue weighted by atomic mass is 10.1. The molecule has 130 valence electrons. The van der Waals surface area contributed by atoms with Gasteiger partial charge in [-0.1, -0.05) is 18.2 Å². The first-order valence-corrected chi connectivity index (χ1v) is 9.28. The van der Waals surface area contributed by atoms with Crippen molar-refractivity contribution in [2.75, 3.05) is 23.3 Å². The van der Waals surface area contributed by atoms with E-state index < -0.39 is 22.0 Å². The van der Waals surface area contributed by atoms with Crippen LogP contribution in [0, 0.1) is 5.82 Å². The van der Waals surface area contributed by atoms with Crippen LogP contribution >= 0.6 is 0 Å². The summed E-state index contributed by atoms with van der Waals surface area (Å²) in [5, 5.41) is 2.92. The predicted octanol–water partition coefficient (Wildman–Crippen LogP) is 2.93. The molecule has 0 amide bonds. The largest absolute Gasteiger partial charge is 0.367 e. The van der Waals surface area contributed by atoms with Crippen LogP contribution in [-0.2, 0) is 10.0 Å². The Bertz CT molecular complexity index is 976.